The number of pyridine rings is 1. The van der Waals surface area contributed by atoms with Crippen LogP contribution in [0.1, 0.15) is 20.3 Å². The Morgan fingerprint density at radius 3 is 2.36 bits per heavy atom. The van der Waals surface area contributed by atoms with Crippen LogP contribution in [0.15, 0.2) is 41.3 Å². The molecular formula is C18H21FN2O6S. The van der Waals surface area contributed by atoms with Gasteiger partial charge < -0.3 is 9.30 Å². The van der Waals surface area contributed by atoms with Crippen LogP contribution in [0.4, 0.5) is 4.39 Å². The van der Waals surface area contributed by atoms with Crippen molar-refractivity contribution in [1.29, 1.82) is 0 Å². The average Bonchev–Trinajstić information content (AvgIpc) is 2.68. The van der Waals surface area contributed by atoms with Gasteiger partial charge in [0, 0.05) is 29.8 Å². The lowest BCUT2D eigenvalue weighted by Crippen LogP contribution is -2.36. The van der Waals surface area contributed by atoms with E-state index in [2.05, 4.69) is 0 Å². The molecule has 8 nitrogen and oxygen atoms in total. The lowest BCUT2D eigenvalue weighted by atomic mass is 9.88. The number of rotatable bonds is 6. The number of carbonyl (C=O) groups excluding carboxylic acids is 1. The molecule has 152 valence electrons. The van der Waals surface area contributed by atoms with Crippen molar-refractivity contribution >= 4 is 17.5 Å². The fourth-order valence-electron chi connectivity index (χ4n) is 2.38. The largest absolute Gasteiger partial charge is 0.497 e. The zero-order chi connectivity index (χ0) is 21.3. The minimum absolute atomic E-state index is 0.152. The van der Waals surface area contributed by atoms with Gasteiger partial charge in [-0.3, -0.25) is 14.8 Å². The maximum absolute atomic E-state index is 14.4. The maximum Gasteiger partial charge on any atom is 0.335 e. The van der Waals surface area contributed by atoms with Crippen LogP contribution in [-0.2, 0) is 22.9 Å². The fraction of sp³-hybridized carbons (Fsp3) is 0.333. The summed E-state index contributed by atoms with van der Waals surface area (Å²) in [5, 5.41) is 8.73. The number of nitrogens with one attached hydrogen (secondary N) is 1. The summed E-state index contributed by atoms with van der Waals surface area (Å²) in [6.07, 6.45) is 1.40. The minimum Gasteiger partial charge on any atom is -0.497 e. The zero-order valence-electron chi connectivity index (χ0n) is 15.6. The lowest BCUT2D eigenvalue weighted by molar-refractivity contribution is -0.138. The number of hydrogen-bond donors (Lipinski definition) is 2. The third-order valence-corrected chi connectivity index (χ3v) is 4.17. The predicted octanol–water partition coefficient (Wildman–Crippen LogP) is 1.91. The van der Waals surface area contributed by atoms with Gasteiger partial charge in [-0.15, -0.1) is 0 Å². The van der Waals surface area contributed by atoms with E-state index in [1.807, 2.05) is 0 Å². The number of aromatic nitrogens is 1. The number of nitrogens with zero attached hydrogens (tertiary/aromatic N) is 1. The first-order valence-corrected chi connectivity index (χ1v) is 8.77. The summed E-state index contributed by atoms with van der Waals surface area (Å²) in [7, 11) is 1.54. The summed E-state index contributed by atoms with van der Waals surface area (Å²) in [6.45, 7) is 3.41. The molecule has 0 atom stereocenters. The molecule has 2 rings (SSSR count). The van der Waals surface area contributed by atoms with E-state index in [4.69, 9.17) is 18.4 Å². The molecule has 0 radical (unpaired) electrons. The fourth-order valence-corrected chi connectivity index (χ4v) is 2.38. The first-order chi connectivity index (χ1) is 13.2. The molecule has 1 aromatic carbocycles. The van der Waals surface area contributed by atoms with Crippen LogP contribution >= 0.6 is 0 Å². The maximum atomic E-state index is 14.4. The van der Waals surface area contributed by atoms with Crippen LogP contribution in [0.2, 0.25) is 0 Å². The van der Waals surface area contributed by atoms with E-state index in [0.717, 1.165) is 6.20 Å². The van der Waals surface area contributed by atoms with Gasteiger partial charge in [-0.1, -0.05) is 26.0 Å². The van der Waals surface area contributed by atoms with Crippen molar-refractivity contribution in [3.8, 4) is 16.9 Å². The Morgan fingerprint density at radius 1 is 1.29 bits per heavy atom. The number of methoxy groups -OCH3 is 1. The number of aryl methyl sites for hydroxylation is 1. The monoisotopic (exact) mass is 412 g/mol. The molecule has 1 amide bonds. The van der Waals surface area contributed by atoms with Crippen LogP contribution in [-0.4, -0.2) is 31.2 Å². The van der Waals surface area contributed by atoms with Crippen LogP contribution in [0.5, 0.6) is 5.75 Å². The minimum atomic E-state index is -0.890. The smallest absolute Gasteiger partial charge is 0.335 e. The van der Waals surface area contributed by atoms with Crippen molar-refractivity contribution in [3.63, 3.8) is 0 Å². The summed E-state index contributed by atoms with van der Waals surface area (Å²) in [5.74, 6) is -0.452. The number of hydroxylamine groups is 1. The first-order valence-electron chi connectivity index (χ1n) is 8.11. The van der Waals surface area contributed by atoms with Gasteiger partial charge in [0.2, 0.25) is 5.91 Å². The predicted molar refractivity (Wildman–Crippen MR) is 99.9 cm³/mol. The van der Waals surface area contributed by atoms with Crippen molar-refractivity contribution in [2.75, 3.05) is 7.11 Å². The average molecular weight is 412 g/mol. The summed E-state index contributed by atoms with van der Waals surface area (Å²) in [5.41, 5.74) is 1.12. The second-order valence-electron chi connectivity index (χ2n) is 6.44. The van der Waals surface area contributed by atoms with E-state index < -0.39 is 28.7 Å². The number of ether oxygens (including phenoxy) is 1. The van der Waals surface area contributed by atoms with Crippen molar-refractivity contribution in [1.82, 2.24) is 10.0 Å². The second-order valence-corrected chi connectivity index (χ2v) is 6.57. The third-order valence-electron chi connectivity index (χ3n) is 4.17. The standard InChI is InChI=1S/C18H21FN2O4.O2S/c1-18(2,17(23)20-24)8-9-21-11-15(19)14(10-16(21)22)12-4-6-13(25-3)7-5-12;1-3-2/h4-7,10-11,24H,8-9H2,1-3H3,(H,20,23);. The van der Waals surface area contributed by atoms with Crippen molar-refractivity contribution < 1.29 is 27.5 Å². The van der Waals surface area contributed by atoms with Gasteiger partial charge in [0.05, 0.1) is 7.11 Å². The van der Waals surface area contributed by atoms with Gasteiger partial charge in [-0.05, 0) is 24.1 Å². The summed E-state index contributed by atoms with van der Waals surface area (Å²) >= 11 is -0.750. The summed E-state index contributed by atoms with van der Waals surface area (Å²) in [4.78, 5) is 23.8. The molecule has 1 heterocycles. The number of halogens is 1. The van der Waals surface area contributed by atoms with Crippen molar-refractivity contribution in [2.45, 2.75) is 26.8 Å². The number of benzene rings is 1. The Labute approximate surface area is 164 Å². The first kappa shape index (κ1) is 23.2. The van der Waals surface area contributed by atoms with Gasteiger partial charge >= 0.3 is 11.6 Å². The highest BCUT2D eigenvalue weighted by molar-refractivity contribution is 7.51. The molecule has 2 N–H and O–H groups in total. The molecule has 10 heteroatoms. The Bertz CT molecular complexity index is 905. The number of carbonyl (C=O) groups is 1. The third kappa shape index (κ3) is 6.10. The van der Waals surface area contributed by atoms with E-state index in [1.54, 1.807) is 43.6 Å². The number of hydrogen-bond acceptors (Lipinski definition) is 6. The molecule has 0 fully saturated rings. The Morgan fingerprint density at radius 2 is 1.86 bits per heavy atom. The highest BCUT2D eigenvalue weighted by Crippen LogP contribution is 2.25. The normalized spacial score (nSPS) is 10.5. The molecule has 0 bridgehead atoms. The van der Waals surface area contributed by atoms with Crippen LogP contribution in [0, 0.1) is 11.2 Å². The Balaban J connectivity index is 0.00000122. The van der Waals surface area contributed by atoms with Gasteiger partial charge in [0.25, 0.3) is 5.56 Å². The quantitative estimate of drug-likeness (QED) is 0.553. The Kier molecular flexibility index (Phi) is 8.68. The second kappa shape index (κ2) is 10.5. The SMILES string of the molecule is COc1ccc(-c2cc(=O)n(CCC(C)(C)C(=O)NO)cc2F)cc1.O=S=O. The molecule has 28 heavy (non-hydrogen) atoms. The van der Waals surface area contributed by atoms with E-state index in [9.17, 15) is 14.0 Å². The highest BCUT2D eigenvalue weighted by Gasteiger charge is 2.27. The molecule has 0 saturated carbocycles. The van der Waals surface area contributed by atoms with Gasteiger partial charge in [-0.25, -0.2) is 9.87 Å². The Hall–Kier alpha value is -2.85. The van der Waals surface area contributed by atoms with Crippen LogP contribution in [0.25, 0.3) is 11.1 Å². The van der Waals surface area contributed by atoms with Crippen molar-refractivity contribution in [2.24, 2.45) is 5.41 Å². The topological polar surface area (TPSA) is 115 Å². The lowest BCUT2D eigenvalue weighted by Gasteiger charge is -2.22. The molecule has 0 aliphatic carbocycles. The van der Waals surface area contributed by atoms with Crippen LogP contribution < -0.4 is 15.8 Å². The van der Waals surface area contributed by atoms with Crippen LogP contribution in [0.3, 0.4) is 0 Å². The zero-order valence-corrected chi connectivity index (χ0v) is 16.4. The van der Waals surface area contributed by atoms with Crippen molar-refractivity contribution in [3.05, 3.63) is 52.7 Å². The van der Waals surface area contributed by atoms with Gasteiger partial charge in [-0.2, -0.15) is 8.42 Å². The van der Waals surface area contributed by atoms with E-state index in [1.165, 1.54) is 17.7 Å². The molecule has 1 aromatic heterocycles. The summed E-state index contributed by atoms with van der Waals surface area (Å²) < 4.78 is 37.3. The molecule has 0 aliphatic rings. The molecule has 0 aliphatic heterocycles. The van der Waals surface area contributed by atoms with Gasteiger partial charge in [0.1, 0.15) is 11.6 Å². The molecular weight excluding hydrogens is 391 g/mol. The van der Waals surface area contributed by atoms with E-state index in [0.29, 0.717) is 11.3 Å². The van der Waals surface area contributed by atoms with E-state index >= 15 is 0 Å². The molecule has 0 saturated heterocycles. The summed E-state index contributed by atoms with van der Waals surface area (Å²) in [6, 6.07) is 7.97. The molecule has 2 aromatic rings. The van der Waals surface area contributed by atoms with E-state index in [-0.39, 0.29) is 24.1 Å². The molecule has 0 spiro atoms. The van der Waals surface area contributed by atoms with Gasteiger partial charge in [0.15, 0.2) is 0 Å². The highest BCUT2D eigenvalue weighted by atomic mass is 32.1. The number of amides is 1. The molecule has 0 unspecified atom stereocenters.